The highest BCUT2D eigenvalue weighted by atomic mass is 16.5. The molecule has 4 saturated carbocycles. The number of para-hydroxylation sites is 4. The molecule has 8 rings (SSSR count). The summed E-state index contributed by atoms with van der Waals surface area (Å²) in [6, 6.07) is 16.8. The lowest BCUT2D eigenvalue weighted by Gasteiger charge is -2.59. The van der Waals surface area contributed by atoms with Crippen molar-refractivity contribution in [1.82, 2.24) is 4.90 Å². The molecular weight excluding hydrogens is 420 g/mol. The summed E-state index contributed by atoms with van der Waals surface area (Å²) in [6.07, 6.45) is 10.5. The van der Waals surface area contributed by atoms with Gasteiger partial charge in [-0.1, -0.05) is 24.3 Å². The number of piperidine rings is 1. The van der Waals surface area contributed by atoms with Gasteiger partial charge in [-0.25, -0.2) is 0 Å². The molecule has 1 saturated heterocycles. The van der Waals surface area contributed by atoms with Crippen LogP contribution in [0.15, 0.2) is 48.5 Å². The second-order valence-electron chi connectivity index (χ2n) is 12.2. The van der Waals surface area contributed by atoms with E-state index in [1.54, 1.807) is 0 Å². The van der Waals surface area contributed by atoms with Crippen molar-refractivity contribution in [2.45, 2.75) is 57.5 Å². The van der Waals surface area contributed by atoms with E-state index in [1.807, 2.05) is 0 Å². The fraction of sp³-hybridized carbons (Fsp3) is 0.600. The van der Waals surface area contributed by atoms with Crippen molar-refractivity contribution >= 4 is 11.4 Å². The summed E-state index contributed by atoms with van der Waals surface area (Å²) in [7, 11) is 0. The van der Waals surface area contributed by atoms with Crippen molar-refractivity contribution in [3.8, 4) is 11.5 Å². The van der Waals surface area contributed by atoms with E-state index >= 15 is 0 Å². The summed E-state index contributed by atoms with van der Waals surface area (Å²) in [5.74, 6) is 5.30. The number of anilines is 2. The average Bonchev–Trinajstić information content (AvgIpc) is 2.84. The minimum absolute atomic E-state index is 0.129. The van der Waals surface area contributed by atoms with Gasteiger partial charge in [0.25, 0.3) is 0 Å². The Balaban J connectivity index is 0.999. The molecular formula is C30H38N2O2. The van der Waals surface area contributed by atoms with Gasteiger partial charge in [-0.05, 0) is 118 Å². The van der Waals surface area contributed by atoms with Crippen LogP contribution in [-0.4, -0.2) is 42.3 Å². The van der Waals surface area contributed by atoms with E-state index in [-0.39, 0.29) is 11.5 Å². The third kappa shape index (κ3) is 3.65. The Morgan fingerprint density at radius 3 is 1.91 bits per heavy atom. The largest absolute Gasteiger partial charge is 0.453 e. The number of aliphatic hydroxyl groups is 1. The normalized spacial score (nSPS) is 33.3. The molecule has 0 unspecified atom stereocenters. The second-order valence-corrected chi connectivity index (χ2v) is 12.2. The minimum atomic E-state index is -0.129. The van der Waals surface area contributed by atoms with Gasteiger partial charge in [-0.15, -0.1) is 0 Å². The molecule has 2 aromatic rings. The molecule has 4 nitrogen and oxygen atoms in total. The molecule has 4 bridgehead atoms. The zero-order valence-electron chi connectivity index (χ0n) is 20.2. The Bertz CT molecular complexity index is 963. The quantitative estimate of drug-likeness (QED) is 0.577. The maximum Gasteiger partial charge on any atom is 0.151 e. The van der Waals surface area contributed by atoms with Crippen molar-refractivity contribution in [3.63, 3.8) is 0 Å². The molecule has 0 aromatic heterocycles. The summed E-state index contributed by atoms with van der Waals surface area (Å²) in [6.45, 7) is 4.15. The Labute approximate surface area is 203 Å². The maximum absolute atomic E-state index is 11.4. The first-order valence-electron chi connectivity index (χ1n) is 13.7. The van der Waals surface area contributed by atoms with Crippen LogP contribution in [0, 0.1) is 29.1 Å². The number of nitrogens with zero attached hydrogens (tertiary/aromatic N) is 2. The number of β-amino-alcohol motifs (C(OH)–C–C–N with tert-alkyl or cyclic N) is 1. The lowest BCUT2D eigenvalue weighted by molar-refractivity contribution is -0.127. The van der Waals surface area contributed by atoms with Crippen molar-refractivity contribution < 1.29 is 9.84 Å². The highest BCUT2D eigenvalue weighted by Gasteiger charge is 2.54. The Hall–Kier alpha value is -2.04. The van der Waals surface area contributed by atoms with Crippen LogP contribution in [0.25, 0.3) is 0 Å². The molecule has 1 atom stereocenters. The van der Waals surface area contributed by atoms with E-state index in [0.717, 1.165) is 55.4 Å². The second kappa shape index (κ2) is 8.27. The first-order valence-corrected chi connectivity index (χ1v) is 13.7. The molecule has 4 heteroatoms. The van der Waals surface area contributed by atoms with Crippen molar-refractivity contribution in [2.75, 3.05) is 31.1 Å². The minimum Gasteiger partial charge on any atom is -0.453 e. The lowest BCUT2D eigenvalue weighted by Crippen LogP contribution is -2.55. The zero-order valence-corrected chi connectivity index (χ0v) is 20.2. The third-order valence-corrected chi connectivity index (χ3v) is 9.90. The van der Waals surface area contributed by atoms with E-state index in [9.17, 15) is 5.11 Å². The highest BCUT2D eigenvalue weighted by molar-refractivity contribution is 5.77. The van der Waals surface area contributed by atoms with Crippen LogP contribution in [-0.2, 0) is 0 Å². The summed E-state index contributed by atoms with van der Waals surface area (Å²) < 4.78 is 6.18. The van der Waals surface area contributed by atoms with E-state index in [1.165, 1.54) is 62.7 Å². The molecule has 4 aliphatic carbocycles. The number of aliphatic hydroxyl groups excluding tert-OH is 1. The van der Waals surface area contributed by atoms with Crippen molar-refractivity contribution in [1.29, 1.82) is 0 Å². The zero-order chi connectivity index (χ0) is 22.7. The molecule has 2 aromatic carbocycles. The number of hydrogen-bond acceptors (Lipinski definition) is 4. The van der Waals surface area contributed by atoms with Crippen LogP contribution in [0.2, 0.25) is 0 Å². The SMILES string of the molecule is O[C@@H](CN1CCC(CN2c3ccccc3Oc3ccccc32)CC1)C12CC3CC(CC(C3)C1)C2. The first-order chi connectivity index (χ1) is 16.6. The van der Waals surface area contributed by atoms with Gasteiger partial charge in [-0.2, -0.15) is 0 Å². The molecule has 34 heavy (non-hydrogen) atoms. The maximum atomic E-state index is 11.4. The Morgan fingerprint density at radius 1 is 0.824 bits per heavy atom. The number of ether oxygens (including phenoxy) is 1. The van der Waals surface area contributed by atoms with Gasteiger partial charge in [0.15, 0.2) is 11.5 Å². The van der Waals surface area contributed by atoms with Gasteiger partial charge >= 0.3 is 0 Å². The number of fused-ring (bicyclic) bond motifs is 2. The lowest BCUT2D eigenvalue weighted by atomic mass is 9.48. The van der Waals surface area contributed by atoms with E-state index < -0.39 is 0 Å². The van der Waals surface area contributed by atoms with Gasteiger partial charge in [-0.3, -0.25) is 0 Å². The predicted molar refractivity (Wildman–Crippen MR) is 136 cm³/mol. The van der Waals surface area contributed by atoms with E-state index in [0.29, 0.717) is 5.92 Å². The average molecular weight is 459 g/mol. The summed E-state index contributed by atoms with van der Waals surface area (Å²) in [5, 5.41) is 11.4. The van der Waals surface area contributed by atoms with Gasteiger partial charge in [0.1, 0.15) is 0 Å². The number of benzene rings is 2. The van der Waals surface area contributed by atoms with E-state index in [2.05, 4.69) is 58.3 Å². The van der Waals surface area contributed by atoms with Gasteiger partial charge < -0.3 is 19.6 Å². The predicted octanol–water partition coefficient (Wildman–Crippen LogP) is 6.22. The van der Waals surface area contributed by atoms with Crippen LogP contribution in [0.4, 0.5) is 11.4 Å². The number of likely N-dealkylation sites (tertiary alicyclic amines) is 1. The third-order valence-electron chi connectivity index (χ3n) is 9.90. The Kier molecular flexibility index (Phi) is 5.17. The van der Waals surface area contributed by atoms with Gasteiger partial charge in [0.05, 0.1) is 17.5 Å². The molecule has 0 spiro atoms. The summed E-state index contributed by atoms with van der Waals surface area (Å²) >= 11 is 0. The molecule has 0 amide bonds. The monoisotopic (exact) mass is 458 g/mol. The molecule has 2 aliphatic heterocycles. The van der Waals surface area contributed by atoms with E-state index in [4.69, 9.17) is 4.74 Å². The van der Waals surface area contributed by atoms with Gasteiger partial charge in [0.2, 0.25) is 0 Å². The van der Waals surface area contributed by atoms with Crippen LogP contribution >= 0.6 is 0 Å². The fourth-order valence-corrected chi connectivity index (χ4v) is 8.61. The van der Waals surface area contributed by atoms with Crippen molar-refractivity contribution in [2.24, 2.45) is 29.1 Å². The van der Waals surface area contributed by atoms with Crippen molar-refractivity contribution in [3.05, 3.63) is 48.5 Å². The van der Waals surface area contributed by atoms with Crippen LogP contribution in [0.1, 0.15) is 51.4 Å². The number of rotatable bonds is 5. The van der Waals surface area contributed by atoms with Gasteiger partial charge in [0, 0.05) is 13.1 Å². The molecule has 0 radical (unpaired) electrons. The van der Waals surface area contributed by atoms with Crippen LogP contribution in [0.3, 0.4) is 0 Å². The summed E-state index contributed by atoms with van der Waals surface area (Å²) in [5.41, 5.74) is 2.61. The van der Waals surface area contributed by atoms with Crippen LogP contribution < -0.4 is 9.64 Å². The summed E-state index contributed by atoms with van der Waals surface area (Å²) in [4.78, 5) is 5.04. The molecule has 5 fully saturated rings. The highest BCUT2D eigenvalue weighted by Crippen LogP contribution is 2.61. The smallest absolute Gasteiger partial charge is 0.151 e. The number of hydrogen-bond donors (Lipinski definition) is 1. The Morgan fingerprint density at radius 2 is 1.35 bits per heavy atom. The molecule has 180 valence electrons. The van der Waals surface area contributed by atoms with Crippen LogP contribution in [0.5, 0.6) is 11.5 Å². The fourth-order valence-electron chi connectivity index (χ4n) is 8.61. The molecule has 1 N–H and O–H groups in total. The molecule has 6 aliphatic rings. The molecule has 2 heterocycles. The standard InChI is InChI=1S/C30H38N2O2/c33-29(30-16-22-13-23(17-30)15-24(14-22)18-30)20-31-11-9-21(10-12-31)19-32-25-5-1-3-7-27(25)34-28-8-4-2-6-26(28)32/h1-8,21-24,29,33H,9-20H2/t22?,23?,24?,29-,30?/m0/s1. The topological polar surface area (TPSA) is 35.9 Å². The first kappa shape index (κ1) is 21.3.